The van der Waals surface area contributed by atoms with E-state index in [1.807, 2.05) is 19.1 Å². The molecule has 2 rings (SSSR count). The predicted molar refractivity (Wildman–Crippen MR) is 57.8 cm³/mol. The summed E-state index contributed by atoms with van der Waals surface area (Å²) in [6.45, 7) is 3.86. The van der Waals surface area contributed by atoms with E-state index in [0.29, 0.717) is 17.9 Å². The zero-order chi connectivity index (χ0) is 11.7. The van der Waals surface area contributed by atoms with Crippen molar-refractivity contribution in [3.63, 3.8) is 0 Å². The van der Waals surface area contributed by atoms with Crippen molar-refractivity contribution in [2.24, 2.45) is 5.92 Å². The smallest absolute Gasteiger partial charge is 0.306 e. The average Bonchev–Trinajstić information content (AvgIpc) is 2.65. The van der Waals surface area contributed by atoms with Crippen LogP contribution in [0.15, 0.2) is 12.1 Å². The molecule has 0 saturated heterocycles. The summed E-state index contributed by atoms with van der Waals surface area (Å²) in [6.07, 6.45) is 0.461. The summed E-state index contributed by atoms with van der Waals surface area (Å²) in [5, 5.41) is 8.89. The number of hydrogen-bond donors (Lipinski definition) is 1. The van der Waals surface area contributed by atoms with E-state index in [1.165, 1.54) is 0 Å². The molecule has 0 saturated carbocycles. The average molecular weight is 222 g/mol. The van der Waals surface area contributed by atoms with Gasteiger partial charge in [-0.1, -0.05) is 13.0 Å². The first kappa shape index (κ1) is 10.8. The lowest BCUT2D eigenvalue weighted by Crippen LogP contribution is -2.12. The molecule has 1 aromatic rings. The van der Waals surface area contributed by atoms with Gasteiger partial charge in [0.05, 0.1) is 5.92 Å². The van der Waals surface area contributed by atoms with E-state index in [9.17, 15) is 4.79 Å². The number of carbonyl (C=O) groups is 1. The molecule has 16 heavy (non-hydrogen) atoms. The third-order valence-corrected chi connectivity index (χ3v) is 2.64. The number of hydrogen-bond acceptors (Lipinski definition) is 3. The van der Waals surface area contributed by atoms with Crippen LogP contribution in [0.3, 0.4) is 0 Å². The second-order valence-electron chi connectivity index (χ2n) is 4.10. The van der Waals surface area contributed by atoms with Crippen LogP contribution in [0.5, 0.6) is 11.5 Å². The van der Waals surface area contributed by atoms with Gasteiger partial charge in [-0.3, -0.25) is 4.79 Å². The van der Waals surface area contributed by atoms with E-state index in [-0.39, 0.29) is 6.79 Å². The highest BCUT2D eigenvalue weighted by molar-refractivity contribution is 5.70. The molecule has 0 fully saturated rings. The molecule has 86 valence electrons. The summed E-state index contributed by atoms with van der Waals surface area (Å²) in [4.78, 5) is 10.8. The highest BCUT2D eigenvalue weighted by Crippen LogP contribution is 2.37. The van der Waals surface area contributed by atoms with Crippen LogP contribution >= 0.6 is 0 Å². The van der Waals surface area contributed by atoms with Crippen molar-refractivity contribution >= 4 is 5.97 Å². The SMILES string of the molecule is Cc1cc(CC(C)C(=O)O)c2c(c1)OCO2. The van der Waals surface area contributed by atoms with Crippen molar-refractivity contribution in [2.45, 2.75) is 20.3 Å². The van der Waals surface area contributed by atoms with Gasteiger partial charge in [0.25, 0.3) is 0 Å². The van der Waals surface area contributed by atoms with Crippen LogP contribution in [0.25, 0.3) is 0 Å². The fourth-order valence-corrected chi connectivity index (χ4v) is 1.80. The zero-order valence-electron chi connectivity index (χ0n) is 9.32. The van der Waals surface area contributed by atoms with Crippen molar-refractivity contribution < 1.29 is 19.4 Å². The summed E-state index contributed by atoms with van der Waals surface area (Å²) in [7, 11) is 0. The van der Waals surface area contributed by atoms with E-state index in [0.717, 1.165) is 11.1 Å². The van der Waals surface area contributed by atoms with Gasteiger partial charge >= 0.3 is 5.97 Å². The van der Waals surface area contributed by atoms with Crippen molar-refractivity contribution in [2.75, 3.05) is 6.79 Å². The Morgan fingerprint density at radius 1 is 1.50 bits per heavy atom. The molecule has 1 atom stereocenters. The first-order valence-corrected chi connectivity index (χ1v) is 5.20. The highest BCUT2D eigenvalue weighted by Gasteiger charge is 2.21. The van der Waals surface area contributed by atoms with Crippen molar-refractivity contribution in [3.8, 4) is 11.5 Å². The molecule has 0 aromatic heterocycles. The molecule has 4 nitrogen and oxygen atoms in total. The second kappa shape index (κ2) is 4.04. The Labute approximate surface area is 93.8 Å². The largest absolute Gasteiger partial charge is 0.481 e. The topological polar surface area (TPSA) is 55.8 Å². The Morgan fingerprint density at radius 2 is 2.25 bits per heavy atom. The Hall–Kier alpha value is -1.71. The molecule has 1 aromatic carbocycles. The number of aryl methyl sites for hydroxylation is 1. The highest BCUT2D eigenvalue weighted by atomic mass is 16.7. The van der Waals surface area contributed by atoms with E-state index in [1.54, 1.807) is 6.92 Å². The molecule has 4 heteroatoms. The van der Waals surface area contributed by atoms with Crippen molar-refractivity contribution in [1.29, 1.82) is 0 Å². The van der Waals surface area contributed by atoms with E-state index in [4.69, 9.17) is 14.6 Å². The number of benzene rings is 1. The van der Waals surface area contributed by atoms with Crippen LogP contribution in [0, 0.1) is 12.8 Å². The molecule has 1 heterocycles. The fraction of sp³-hybridized carbons (Fsp3) is 0.417. The third kappa shape index (κ3) is 1.96. The van der Waals surface area contributed by atoms with Crippen molar-refractivity contribution in [3.05, 3.63) is 23.3 Å². The Balaban J connectivity index is 2.30. The van der Waals surface area contributed by atoms with Gasteiger partial charge in [0.1, 0.15) is 0 Å². The monoisotopic (exact) mass is 222 g/mol. The molecule has 1 N–H and O–H groups in total. The fourth-order valence-electron chi connectivity index (χ4n) is 1.80. The molecule has 0 spiro atoms. The molecule has 0 aliphatic carbocycles. The minimum Gasteiger partial charge on any atom is -0.481 e. The molecule has 1 aliphatic heterocycles. The Kier molecular flexibility index (Phi) is 2.73. The van der Waals surface area contributed by atoms with Gasteiger partial charge in [0, 0.05) is 0 Å². The van der Waals surface area contributed by atoms with Crippen molar-refractivity contribution in [1.82, 2.24) is 0 Å². The van der Waals surface area contributed by atoms with Crippen LogP contribution in [-0.2, 0) is 11.2 Å². The maximum atomic E-state index is 10.8. The van der Waals surface area contributed by atoms with E-state index in [2.05, 4.69) is 0 Å². The zero-order valence-corrected chi connectivity index (χ0v) is 9.32. The van der Waals surface area contributed by atoms with Gasteiger partial charge in [-0.25, -0.2) is 0 Å². The van der Waals surface area contributed by atoms with Crippen LogP contribution in [0.1, 0.15) is 18.1 Å². The quantitative estimate of drug-likeness (QED) is 0.849. The van der Waals surface area contributed by atoms with E-state index < -0.39 is 11.9 Å². The maximum Gasteiger partial charge on any atom is 0.306 e. The summed E-state index contributed by atoms with van der Waals surface area (Å²) in [5.74, 6) is 0.190. The molecule has 0 bridgehead atoms. The standard InChI is InChI=1S/C12H14O4/c1-7-3-9(5-8(2)12(13)14)11-10(4-7)15-6-16-11/h3-4,8H,5-6H2,1-2H3,(H,13,14). The lowest BCUT2D eigenvalue weighted by molar-refractivity contribution is -0.141. The first-order chi connectivity index (χ1) is 7.58. The minimum atomic E-state index is -0.797. The molecular formula is C12H14O4. The first-order valence-electron chi connectivity index (χ1n) is 5.20. The Bertz CT molecular complexity index is 425. The van der Waals surface area contributed by atoms with Crippen LogP contribution in [-0.4, -0.2) is 17.9 Å². The third-order valence-electron chi connectivity index (χ3n) is 2.64. The van der Waals surface area contributed by atoms with Crippen LogP contribution in [0.2, 0.25) is 0 Å². The van der Waals surface area contributed by atoms with Gasteiger partial charge in [-0.05, 0) is 30.5 Å². The molecule has 0 amide bonds. The molecular weight excluding hydrogens is 208 g/mol. The van der Waals surface area contributed by atoms with Gasteiger partial charge in [0.2, 0.25) is 6.79 Å². The van der Waals surface area contributed by atoms with Gasteiger partial charge < -0.3 is 14.6 Å². The normalized spacial score (nSPS) is 14.9. The molecule has 0 radical (unpaired) electrons. The maximum absolute atomic E-state index is 10.8. The number of carboxylic acid groups (broad SMARTS) is 1. The number of carboxylic acids is 1. The summed E-state index contributed by atoms with van der Waals surface area (Å²) < 4.78 is 10.6. The summed E-state index contributed by atoms with van der Waals surface area (Å²) >= 11 is 0. The number of ether oxygens (including phenoxy) is 2. The number of rotatable bonds is 3. The van der Waals surface area contributed by atoms with Gasteiger partial charge in [-0.2, -0.15) is 0 Å². The van der Waals surface area contributed by atoms with Gasteiger partial charge in [0.15, 0.2) is 11.5 Å². The van der Waals surface area contributed by atoms with Crippen LogP contribution < -0.4 is 9.47 Å². The Morgan fingerprint density at radius 3 is 2.94 bits per heavy atom. The van der Waals surface area contributed by atoms with Gasteiger partial charge in [-0.15, -0.1) is 0 Å². The minimum absolute atomic E-state index is 0.216. The predicted octanol–water partition coefficient (Wildman–Crippen LogP) is 1.99. The summed E-state index contributed by atoms with van der Waals surface area (Å²) in [6, 6.07) is 3.85. The lowest BCUT2D eigenvalue weighted by atomic mass is 9.98. The number of aliphatic carboxylic acids is 1. The van der Waals surface area contributed by atoms with Crippen LogP contribution in [0.4, 0.5) is 0 Å². The second-order valence-corrected chi connectivity index (χ2v) is 4.10. The lowest BCUT2D eigenvalue weighted by Gasteiger charge is -2.10. The van der Waals surface area contributed by atoms with E-state index >= 15 is 0 Å². The number of fused-ring (bicyclic) bond motifs is 1. The molecule has 1 unspecified atom stereocenters. The molecule has 1 aliphatic rings. The summed E-state index contributed by atoms with van der Waals surface area (Å²) in [5.41, 5.74) is 1.96.